The van der Waals surface area contributed by atoms with Gasteiger partial charge in [0.25, 0.3) is 0 Å². The maximum absolute atomic E-state index is 10.8. The molecule has 3 heterocycles. The van der Waals surface area contributed by atoms with Crippen LogP contribution in [0.1, 0.15) is 12.5 Å². The van der Waals surface area contributed by atoms with Gasteiger partial charge in [0.15, 0.2) is 5.13 Å². The number of thiazole rings is 1. The maximum Gasteiger partial charge on any atom is 0.345 e. The van der Waals surface area contributed by atoms with Crippen molar-refractivity contribution in [3.8, 4) is 0 Å². The molecule has 3 aromatic rings. The normalized spacial score (nSPS) is 18.2. The molecule has 0 radical (unpaired) electrons. The Morgan fingerprint density at radius 1 is 1.32 bits per heavy atom. The summed E-state index contributed by atoms with van der Waals surface area (Å²) in [6.45, 7) is 1.61. The van der Waals surface area contributed by atoms with Crippen molar-refractivity contribution in [3.05, 3.63) is 46.8 Å². The molecule has 1 saturated heterocycles. The van der Waals surface area contributed by atoms with Crippen LogP contribution in [0.25, 0.3) is 10.9 Å². The zero-order valence-corrected chi connectivity index (χ0v) is 12.4. The van der Waals surface area contributed by atoms with E-state index < -0.39 is 4.92 Å². The summed E-state index contributed by atoms with van der Waals surface area (Å²) in [5, 5.41) is 17.2. The standard InChI is InChI=1S/C14H13N5O2S/c20-19(21)13-8-15-14(22-13)17-6-5-11(9-17)18-12-4-2-1-3-10(12)7-16-18/h1-4,7-8,11H,5-6,9H2. The van der Waals surface area contributed by atoms with Gasteiger partial charge in [-0.3, -0.25) is 14.8 Å². The molecule has 1 aliphatic rings. The van der Waals surface area contributed by atoms with Crippen molar-refractivity contribution < 1.29 is 4.92 Å². The van der Waals surface area contributed by atoms with Crippen LogP contribution in [-0.2, 0) is 0 Å². The summed E-state index contributed by atoms with van der Waals surface area (Å²) < 4.78 is 2.05. The molecule has 7 nitrogen and oxygen atoms in total. The van der Waals surface area contributed by atoms with Crippen LogP contribution >= 0.6 is 11.3 Å². The lowest BCUT2D eigenvalue weighted by Crippen LogP contribution is -2.20. The summed E-state index contributed by atoms with van der Waals surface area (Å²) in [4.78, 5) is 16.6. The molecule has 0 N–H and O–H groups in total. The van der Waals surface area contributed by atoms with Crippen molar-refractivity contribution >= 4 is 32.4 Å². The average molecular weight is 315 g/mol. The van der Waals surface area contributed by atoms with Gasteiger partial charge in [0.2, 0.25) is 0 Å². The fraction of sp³-hybridized carbons (Fsp3) is 0.286. The molecular weight excluding hydrogens is 302 g/mol. The number of nitro groups is 1. The molecule has 8 heteroatoms. The Morgan fingerprint density at radius 3 is 3.00 bits per heavy atom. The Kier molecular flexibility index (Phi) is 3.04. The third kappa shape index (κ3) is 2.12. The number of para-hydroxylation sites is 1. The predicted molar refractivity (Wildman–Crippen MR) is 84.4 cm³/mol. The highest BCUT2D eigenvalue weighted by Gasteiger charge is 2.28. The molecule has 1 unspecified atom stereocenters. The fourth-order valence-corrected chi connectivity index (χ4v) is 3.65. The molecule has 1 fully saturated rings. The van der Waals surface area contributed by atoms with Crippen LogP contribution < -0.4 is 4.90 Å². The van der Waals surface area contributed by atoms with Crippen molar-refractivity contribution in [1.29, 1.82) is 0 Å². The lowest BCUT2D eigenvalue weighted by molar-refractivity contribution is -0.380. The highest BCUT2D eigenvalue weighted by molar-refractivity contribution is 7.18. The van der Waals surface area contributed by atoms with E-state index >= 15 is 0 Å². The number of benzene rings is 1. The summed E-state index contributed by atoms with van der Waals surface area (Å²) in [5.74, 6) is 0. The van der Waals surface area contributed by atoms with Crippen molar-refractivity contribution in [3.63, 3.8) is 0 Å². The first-order chi connectivity index (χ1) is 10.7. The Hall–Kier alpha value is -2.48. The summed E-state index contributed by atoms with van der Waals surface area (Å²) in [7, 11) is 0. The number of hydrogen-bond acceptors (Lipinski definition) is 6. The van der Waals surface area contributed by atoms with E-state index in [-0.39, 0.29) is 11.0 Å². The lowest BCUT2D eigenvalue weighted by atomic mass is 10.2. The van der Waals surface area contributed by atoms with Gasteiger partial charge in [-0.15, -0.1) is 0 Å². The Morgan fingerprint density at radius 2 is 2.18 bits per heavy atom. The Bertz CT molecular complexity index is 843. The van der Waals surface area contributed by atoms with Crippen molar-refractivity contribution in [2.75, 3.05) is 18.0 Å². The van der Waals surface area contributed by atoms with Gasteiger partial charge in [-0.25, -0.2) is 4.98 Å². The van der Waals surface area contributed by atoms with E-state index in [1.54, 1.807) is 0 Å². The molecule has 1 aliphatic heterocycles. The van der Waals surface area contributed by atoms with Gasteiger partial charge in [-0.05, 0) is 23.8 Å². The highest BCUT2D eigenvalue weighted by Crippen LogP contribution is 2.33. The van der Waals surface area contributed by atoms with E-state index in [0.29, 0.717) is 5.13 Å². The van der Waals surface area contributed by atoms with E-state index in [9.17, 15) is 10.1 Å². The summed E-state index contributed by atoms with van der Waals surface area (Å²) in [6.07, 6.45) is 4.17. The lowest BCUT2D eigenvalue weighted by Gasteiger charge is -2.15. The molecule has 112 valence electrons. The topological polar surface area (TPSA) is 77.1 Å². The molecule has 0 aliphatic carbocycles. The number of anilines is 1. The summed E-state index contributed by atoms with van der Waals surface area (Å²) in [5.41, 5.74) is 1.12. The first-order valence-corrected chi connectivity index (χ1v) is 7.81. The van der Waals surface area contributed by atoms with Gasteiger partial charge < -0.3 is 4.90 Å². The van der Waals surface area contributed by atoms with Gasteiger partial charge >= 0.3 is 5.00 Å². The monoisotopic (exact) mass is 315 g/mol. The number of nitrogens with zero attached hydrogens (tertiary/aromatic N) is 5. The fourth-order valence-electron chi connectivity index (χ4n) is 2.89. The SMILES string of the molecule is O=[N+]([O-])c1cnc(N2CCC(n3ncc4ccccc43)C2)s1. The van der Waals surface area contributed by atoms with Crippen LogP contribution in [0.4, 0.5) is 10.1 Å². The number of rotatable bonds is 3. The second-order valence-electron chi connectivity index (χ2n) is 5.27. The number of hydrogen-bond donors (Lipinski definition) is 0. The number of aromatic nitrogens is 3. The van der Waals surface area contributed by atoms with Crippen molar-refractivity contribution in [2.45, 2.75) is 12.5 Å². The highest BCUT2D eigenvalue weighted by atomic mass is 32.1. The van der Waals surface area contributed by atoms with E-state index in [4.69, 9.17) is 0 Å². The molecular formula is C14H13N5O2S. The van der Waals surface area contributed by atoms with E-state index in [1.807, 2.05) is 18.3 Å². The Balaban J connectivity index is 1.58. The van der Waals surface area contributed by atoms with Crippen LogP contribution in [0.5, 0.6) is 0 Å². The maximum atomic E-state index is 10.8. The van der Waals surface area contributed by atoms with Crippen LogP contribution in [0.15, 0.2) is 36.7 Å². The minimum atomic E-state index is -0.393. The van der Waals surface area contributed by atoms with Crippen molar-refractivity contribution in [1.82, 2.24) is 14.8 Å². The first-order valence-electron chi connectivity index (χ1n) is 7.00. The molecule has 0 amide bonds. The molecule has 2 aromatic heterocycles. The molecule has 4 rings (SSSR count). The molecule has 1 atom stereocenters. The second-order valence-corrected chi connectivity index (χ2v) is 6.26. The molecule has 1 aromatic carbocycles. The van der Waals surface area contributed by atoms with Gasteiger partial charge in [0.05, 0.1) is 22.7 Å². The zero-order chi connectivity index (χ0) is 15.1. The molecule has 0 bridgehead atoms. The van der Waals surface area contributed by atoms with Crippen LogP contribution in [0.3, 0.4) is 0 Å². The Labute approximate surface area is 130 Å². The summed E-state index contributed by atoms with van der Waals surface area (Å²) in [6, 6.07) is 8.40. The van der Waals surface area contributed by atoms with E-state index in [1.165, 1.54) is 6.20 Å². The van der Waals surface area contributed by atoms with Crippen LogP contribution in [-0.4, -0.2) is 32.8 Å². The van der Waals surface area contributed by atoms with Gasteiger partial charge in [-0.1, -0.05) is 18.2 Å². The first kappa shape index (κ1) is 13.2. The minimum absolute atomic E-state index is 0.0861. The third-order valence-electron chi connectivity index (χ3n) is 3.95. The quantitative estimate of drug-likeness (QED) is 0.548. The van der Waals surface area contributed by atoms with Crippen LogP contribution in [0.2, 0.25) is 0 Å². The number of fused-ring (bicyclic) bond motifs is 1. The third-order valence-corrected chi connectivity index (χ3v) is 4.96. The molecule has 0 saturated carbocycles. The predicted octanol–water partition coefficient (Wildman–Crippen LogP) is 2.85. The van der Waals surface area contributed by atoms with E-state index in [2.05, 4.69) is 31.8 Å². The minimum Gasteiger partial charge on any atom is -0.346 e. The van der Waals surface area contributed by atoms with Gasteiger partial charge in [-0.2, -0.15) is 5.10 Å². The smallest absolute Gasteiger partial charge is 0.345 e. The van der Waals surface area contributed by atoms with Gasteiger partial charge in [0, 0.05) is 18.5 Å². The second kappa shape index (κ2) is 5.06. The van der Waals surface area contributed by atoms with Crippen molar-refractivity contribution in [2.24, 2.45) is 0 Å². The largest absolute Gasteiger partial charge is 0.346 e. The molecule has 0 spiro atoms. The van der Waals surface area contributed by atoms with E-state index in [0.717, 1.165) is 41.8 Å². The van der Waals surface area contributed by atoms with Crippen LogP contribution in [0, 0.1) is 10.1 Å². The molecule has 22 heavy (non-hydrogen) atoms. The summed E-state index contributed by atoms with van der Waals surface area (Å²) >= 11 is 1.13. The zero-order valence-electron chi connectivity index (χ0n) is 11.6. The van der Waals surface area contributed by atoms with Gasteiger partial charge in [0.1, 0.15) is 6.20 Å². The average Bonchev–Trinajstić information content (AvgIpc) is 3.25.